The van der Waals surface area contributed by atoms with E-state index >= 15 is 0 Å². The fourth-order valence-electron chi connectivity index (χ4n) is 3.22. The molecule has 0 radical (unpaired) electrons. The average Bonchev–Trinajstić information content (AvgIpc) is 2.76. The van der Waals surface area contributed by atoms with Crippen LogP contribution in [0, 0.1) is 12.8 Å². The maximum Gasteiger partial charge on any atom is 0.433 e. The number of nitrogens with zero attached hydrogens (tertiary/aromatic N) is 3. The lowest BCUT2D eigenvalue weighted by Gasteiger charge is -2.20. The van der Waals surface area contributed by atoms with E-state index in [-0.39, 0.29) is 11.9 Å². The van der Waals surface area contributed by atoms with E-state index in [4.69, 9.17) is 0 Å². The van der Waals surface area contributed by atoms with Crippen LogP contribution in [-0.2, 0) is 11.0 Å². The van der Waals surface area contributed by atoms with Crippen molar-refractivity contribution >= 4 is 23.4 Å². The van der Waals surface area contributed by atoms with Gasteiger partial charge in [0.15, 0.2) is 0 Å². The first-order valence-electron chi connectivity index (χ1n) is 10.3. The number of nitrogens with one attached hydrogen (secondary N) is 2. The number of pyridine rings is 1. The Hall–Kier alpha value is -3.69. The van der Waals surface area contributed by atoms with E-state index < -0.39 is 23.9 Å². The number of aromatic nitrogens is 3. The lowest BCUT2D eigenvalue weighted by atomic mass is 9.99. The molecule has 3 rings (SSSR count). The predicted octanol–water partition coefficient (Wildman–Crippen LogP) is 5.52. The van der Waals surface area contributed by atoms with Crippen LogP contribution in [0.5, 0.6) is 0 Å². The van der Waals surface area contributed by atoms with Crippen molar-refractivity contribution < 1.29 is 23.1 Å². The predicted molar refractivity (Wildman–Crippen MR) is 119 cm³/mol. The normalized spacial score (nSPS) is 13.3. The van der Waals surface area contributed by atoms with Crippen molar-refractivity contribution in [2.45, 2.75) is 39.4 Å². The molecule has 0 fully saturated rings. The van der Waals surface area contributed by atoms with Gasteiger partial charge < -0.3 is 15.7 Å². The molecule has 0 saturated heterocycles. The highest BCUT2D eigenvalue weighted by Crippen LogP contribution is 2.29. The Morgan fingerprint density at radius 3 is 2.48 bits per heavy atom. The Kier molecular flexibility index (Phi) is 7.15. The fraction of sp³-hybridized carbons (Fsp3) is 0.304. The number of anilines is 3. The zero-order valence-corrected chi connectivity index (χ0v) is 18.3. The third kappa shape index (κ3) is 6.18. The van der Waals surface area contributed by atoms with Gasteiger partial charge in [-0.15, -0.1) is 0 Å². The minimum Gasteiger partial charge on any atom is -0.480 e. The molecule has 10 heteroatoms. The Morgan fingerprint density at radius 2 is 1.88 bits per heavy atom. The van der Waals surface area contributed by atoms with E-state index in [1.54, 1.807) is 30.5 Å². The van der Waals surface area contributed by atoms with E-state index in [2.05, 4.69) is 25.6 Å². The highest BCUT2D eigenvalue weighted by molar-refractivity contribution is 5.77. The van der Waals surface area contributed by atoms with Gasteiger partial charge in [0.25, 0.3) is 0 Å². The van der Waals surface area contributed by atoms with Crippen LogP contribution in [0.15, 0.2) is 48.8 Å². The van der Waals surface area contributed by atoms with Gasteiger partial charge in [0.1, 0.15) is 17.6 Å². The number of halogens is 3. The number of aliphatic carboxylic acids is 1. The summed E-state index contributed by atoms with van der Waals surface area (Å²) in [5.74, 6) is -0.743. The van der Waals surface area contributed by atoms with Gasteiger partial charge in [0.05, 0.1) is 0 Å². The Labute approximate surface area is 189 Å². The zero-order chi connectivity index (χ0) is 24.2. The van der Waals surface area contributed by atoms with Crippen LogP contribution >= 0.6 is 0 Å². The number of hydrogen-bond acceptors (Lipinski definition) is 6. The van der Waals surface area contributed by atoms with Crippen molar-refractivity contribution in [1.82, 2.24) is 15.0 Å². The van der Waals surface area contributed by atoms with Crippen LogP contribution in [0.4, 0.5) is 30.6 Å². The molecule has 2 aromatic heterocycles. The van der Waals surface area contributed by atoms with Crippen LogP contribution < -0.4 is 10.6 Å². The molecule has 0 amide bonds. The SMILES string of the molecule is CCC(C)[C@@H](Nc1ccc(-c2cc(C)cc(Nc3nccc(C(F)(F)F)n3)c2)cn1)C(=O)O. The van der Waals surface area contributed by atoms with Gasteiger partial charge in [0.2, 0.25) is 5.95 Å². The van der Waals surface area contributed by atoms with E-state index in [9.17, 15) is 23.1 Å². The highest BCUT2D eigenvalue weighted by atomic mass is 19.4. The van der Waals surface area contributed by atoms with Crippen molar-refractivity contribution in [1.29, 1.82) is 0 Å². The summed E-state index contributed by atoms with van der Waals surface area (Å²) in [7, 11) is 0. The number of hydrogen-bond donors (Lipinski definition) is 3. The number of carboxylic acid groups (broad SMARTS) is 1. The molecule has 174 valence electrons. The highest BCUT2D eigenvalue weighted by Gasteiger charge is 2.32. The Morgan fingerprint density at radius 1 is 1.12 bits per heavy atom. The molecule has 0 bridgehead atoms. The zero-order valence-electron chi connectivity index (χ0n) is 18.3. The maximum absolute atomic E-state index is 12.9. The number of benzene rings is 1. The quantitative estimate of drug-likeness (QED) is 0.408. The molecule has 1 aromatic carbocycles. The number of rotatable bonds is 8. The van der Waals surface area contributed by atoms with Gasteiger partial charge in [-0.2, -0.15) is 13.2 Å². The topological polar surface area (TPSA) is 100 Å². The monoisotopic (exact) mass is 459 g/mol. The second kappa shape index (κ2) is 9.85. The van der Waals surface area contributed by atoms with E-state index in [1.165, 1.54) is 0 Å². The van der Waals surface area contributed by atoms with Crippen molar-refractivity contribution in [2.24, 2.45) is 5.92 Å². The van der Waals surface area contributed by atoms with E-state index in [0.29, 0.717) is 17.9 Å². The van der Waals surface area contributed by atoms with Crippen molar-refractivity contribution in [2.75, 3.05) is 10.6 Å². The van der Waals surface area contributed by atoms with Crippen molar-refractivity contribution in [3.05, 3.63) is 60.0 Å². The van der Waals surface area contributed by atoms with Gasteiger partial charge in [-0.25, -0.2) is 19.7 Å². The summed E-state index contributed by atoms with van der Waals surface area (Å²) in [5.41, 5.74) is 1.89. The Balaban J connectivity index is 1.81. The first-order chi connectivity index (χ1) is 15.6. The minimum atomic E-state index is -4.56. The second-order valence-corrected chi connectivity index (χ2v) is 7.75. The molecular weight excluding hydrogens is 435 g/mol. The lowest BCUT2D eigenvalue weighted by molar-refractivity contribution is -0.141. The summed E-state index contributed by atoms with van der Waals surface area (Å²) < 4.78 is 38.7. The number of carbonyl (C=O) groups is 1. The summed E-state index contributed by atoms with van der Waals surface area (Å²) >= 11 is 0. The molecular formula is C23H24F3N5O2. The summed E-state index contributed by atoms with van der Waals surface area (Å²) in [6, 6.07) is 8.96. The van der Waals surface area contributed by atoms with Crippen molar-refractivity contribution in [3.63, 3.8) is 0 Å². The summed E-state index contributed by atoms with van der Waals surface area (Å²) in [6.45, 7) is 5.64. The fourth-order valence-corrected chi connectivity index (χ4v) is 3.22. The molecule has 33 heavy (non-hydrogen) atoms. The lowest BCUT2D eigenvalue weighted by Crippen LogP contribution is -2.35. The Bertz CT molecular complexity index is 1120. The molecule has 3 aromatic rings. The molecule has 0 aliphatic carbocycles. The average molecular weight is 459 g/mol. The largest absolute Gasteiger partial charge is 0.480 e. The number of aryl methyl sites for hydroxylation is 1. The minimum absolute atomic E-state index is 0.0764. The van der Waals surface area contributed by atoms with Crippen LogP contribution in [0.2, 0.25) is 0 Å². The number of carboxylic acids is 1. The van der Waals surface area contributed by atoms with Crippen LogP contribution in [0.25, 0.3) is 11.1 Å². The van der Waals surface area contributed by atoms with Crippen LogP contribution in [-0.4, -0.2) is 32.1 Å². The first-order valence-corrected chi connectivity index (χ1v) is 10.3. The van der Waals surface area contributed by atoms with E-state index in [0.717, 1.165) is 29.0 Å². The molecule has 0 aliphatic rings. The van der Waals surface area contributed by atoms with E-state index in [1.807, 2.05) is 26.8 Å². The third-order valence-corrected chi connectivity index (χ3v) is 5.16. The van der Waals surface area contributed by atoms with Gasteiger partial charge in [-0.05, 0) is 54.3 Å². The third-order valence-electron chi connectivity index (χ3n) is 5.16. The van der Waals surface area contributed by atoms with Crippen molar-refractivity contribution in [3.8, 4) is 11.1 Å². The molecule has 2 heterocycles. The standard InChI is InChI=1S/C23H24F3N5O2/c1-4-14(3)20(21(32)33)31-19-6-5-15(12-28-19)16-9-13(2)10-17(11-16)29-22-27-8-7-18(30-22)23(24,25)26/h5-12,14,20H,4H2,1-3H3,(H,28,31)(H,32,33)(H,27,29,30)/t14?,20-/m1/s1. The number of alkyl halides is 3. The van der Waals surface area contributed by atoms with Gasteiger partial charge in [0, 0.05) is 23.6 Å². The van der Waals surface area contributed by atoms with Crippen LogP contribution in [0.3, 0.4) is 0 Å². The van der Waals surface area contributed by atoms with Gasteiger partial charge in [-0.3, -0.25) is 0 Å². The molecule has 0 saturated carbocycles. The molecule has 0 aliphatic heterocycles. The first kappa shape index (κ1) is 24.0. The molecule has 3 N–H and O–H groups in total. The molecule has 0 spiro atoms. The molecule has 7 nitrogen and oxygen atoms in total. The second-order valence-electron chi connectivity index (χ2n) is 7.75. The summed E-state index contributed by atoms with van der Waals surface area (Å²) in [6.07, 6.45) is -1.20. The summed E-state index contributed by atoms with van der Waals surface area (Å²) in [4.78, 5) is 23.2. The molecule has 1 unspecified atom stereocenters. The van der Waals surface area contributed by atoms with Gasteiger partial charge >= 0.3 is 12.1 Å². The van der Waals surface area contributed by atoms with Crippen LogP contribution in [0.1, 0.15) is 31.5 Å². The maximum atomic E-state index is 12.9. The summed E-state index contributed by atoms with van der Waals surface area (Å²) in [5, 5.41) is 15.2. The smallest absolute Gasteiger partial charge is 0.433 e. The molecule has 2 atom stereocenters. The van der Waals surface area contributed by atoms with Gasteiger partial charge in [-0.1, -0.05) is 26.3 Å².